The van der Waals surface area contributed by atoms with Gasteiger partial charge in [-0.15, -0.1) is 0 Å². The Morgan fingerprint density at radius 2 is 1.82 bits per heavy atom. The molecule has 1 heterocycles. The number of amides is 1. The molecule has 4 nitrogen and oxygen atoms in total. The monoisotopic (exact) mass is 239 g/mol. The van der Waals surface area contributed by atoms with Crippen LogP contribution in [0.1, 0.15) is 38.5 Å². The van der Waals surface area contributed by atoms with Crippen molar-refractivity contribution in [2.75, 3.05) is 26.2 Å². The van der Waals surface area contributed by atoms with Gasteiger partial charge in [-0.25, -0.2) is 0 Å². The van der Waals surface area contributed by atoms with Gasteiger partial charge in [-0.05, 0) is 51.6 Å². The number of carbonyl (C=O) groups is 1. The van der Waals surface area contributed by atoms with E-state index in [4.69, 9.17) is 5.73 Å². The van der Waals surface area contributed by atoms with Gasteiger partial charge in [0.2, 0.25) is 5.91 Å². The molecule has 98 valence electrons. The lowest BCUT2D eigenvalue weighted by Gasteiger charge is -2.25. The van der Waals surface area contributed by atoms with E-state index in [1.165, 1.54) is 25.9 Å². The predicted octanol–water partition coefficient (Wildman–Crippen LogP) is 0.716. The molecule has 0 aromatic rings. The third-order valence-electron chi connectivity index (χ3n) is 4.07. The van der Waals surface area contributed by atoms with E-state index in [0.29, 0.717) is 6.04 Å². The van der Waals surface area contributed by atoms with Crippen LogP contribution in [0.25, 0.3) is 0 Å². The zero-order valence-electron chi connectivity index (χ0n) is 10.7. The number of hydrogen-bond donors (Lipinski definition) is 2. The third-order valence-corrected chi connectivity index (χ3v) is 4.07. The largest absolute Gasteiger partial charge is 0.355 e. The fourth-order valence-corrected chi connectivity index (χ4v) is 2.87. The molecule has 1 saturated heterocycles. The third kappa shape index (κ3) is 3.96. The smallest absolute Gasteiger partial charge is 0.223 e. The van der Waals surface area contributed by atoms with Crippen LogP contribution in [-0.2, 0) is 4.79 Å². The minimum atomic E-state index is 0.216. The normalized spacial score (nSPS) is 30.4. The second kappa shape index (κ2) is 6.36. The second-order valence-electron chi connectivity index (χ2n) is 5.45. The minimum Gasteiger partial charge on any atom is -0.355 e. The Kier molecular flexibility index (Phi) is 4.80. The number of carbonyl (C=O) groups excluding carboxylic acids is 1. The van der Waals surface area contributed by atoms with Crippen molar-refractivity contribution in [2.45, 2.75) is 44.6 Å². The summed E-state index contributed by atoms with van der Waals surface area (Å²) in [6, 6.07) is 0.323. The van der Waals surface area contributed by atoms with Crippen LogP contribution in [0.3, 0.4) is 0 Å². The number of nitrogens with one attached hydrogen (secondary N) is 1. The first-order valence-electron chi connectivity index (χ1n) is 7.01. The van der Waals surface area contributed by atoms with E-state index in [2.05, 4.69) is 10.2 Å². The van der Waals surface area contributed by atoms with Crippen LogP contribution in [-0.4, -0.2) is 43.0 Å². The molecule has 1 amide bonds. The Balaban J connectivity index is 1.60. The molecule has 0 spiro atoms. The van der Waals surface area contributed by atoms with Gasteiger partial charge in [-0.2, -0.15) is 0 Å². The maximum absolute atomic E-state index is 11.9. The Labute approximate surface area is 104 Å². The summed E-state index contributed by atoms with van der Waals surface area (Å²) < 4.78 is 0. The van der Waals surface area contributed by atoms with Crippen LogP contribution in [0.15, 0.2) is 0 Å². The van der Waals surface area contributed by atoms with Crippen molar-refractivity contribution in [3.05, 3.63) is 0 Å². The summed E-state index contributed by atoms with van der Waals surface area (Å²) >= 11 is 0. The Bertz CT molecular complexity index is 243. The van der Waals surface area contributed by atoms with E-state index in [0.717, 1.165) is 38.8 Å². The zero-order valence-corrected chi connectivity index (χ0v) is 10.7. The maximum Gasteiger partial charge on any atom is 0.223 e. The fraction of sp³-hybridized carbons (Fsp3) is 0.923. The average molecular weight is 239 g/mol. The van der Waals surface area contributed by atoms with Gasteiger partial charge in [0.25, 0.3) is 0 Å². The Morgan fingerprint density at radius 1 is 1.18 bits per heavy atom. The second-order valence-corrected chi connectivity index (χ2v) is 5.45. The summed E-state index contributed by atoms with van der Waals surface area (Å²) in [5.41, 5.74) is 5.84. The molecule has 0 radical (unpaired) electrons. The van der Waals surface area contributed by atoms with Gasteiger partial charge >= 0.3 is 0 Å². The summed E-state index contributed by atoms with van der Waals surface area (Å²) in [5, 5.41) is 3.07. The van der Waals surface area contributed by atoms with E-state index in [9.17, 15) is 4.79 Å². The van der Waals surface area contributed by atoms with Gasteiger partial charge in [-0.3, -0.25) is 4.79 Å². The Hall–Kier alpha value is -0.610. The highest BCUT2D eigenvalue weighted by Gasteiger charge is 2.24. The number of likely N-dealkylation sites (tertiary alicyclic amines) is 1. The molecule has 1 aliphatic carbocycles. The lowest BCUT2D eigenvalue weighted by atomic mass is 9.86. The highest BCUT2D eigenvalue weighted by atomic mass is 16.1. The molecule has 2 rings (SSSR count). The summed E-state index contributed by atoms with van der Waals surface area (Å²) in [4.78, 5) is 14.3. The van der Waals surface area contributed by atoms with Crippen LogP contribution in [0, 0.1) is 5.92 Å². The van der Waals surface area contributed by atoms with Gasteiger partial charge in [0.15, 0.2) is 0 Å². The quantitative estimate of drug-likeness (QED) is 0.760. The standard InChI is InChI=1S/C13H25N3O/c14-12-5-3-11(4-6-12)13(17)15-7-10-16-8-1-2-9-16/h11-12H,1-10,14H2,(H,15,17). The molecule has 17 heavy (non-hydrogen) atoms. The first-order chi connectivity index (χ1) is 8.25. The maximum atomic E-state index is 11.9. The Morgan fingerprint density at radius 3 is 2.47 bits per heavy atom. The van der Waals surface area contributed by atoms with Crippen LogP contribution in [0.2, 0.25) is 0 Å². The van der Waals surface area contributed by atoms with Gasteiger partial charge < -0.3 is 16.0 Å². The fourth-order valence-electron chi connectivity index (χ4n) is 2.87. The van der Waals surface area contributed by atoms with Crippen molar-refractivity contribution in [1.29, 1.82) is 0 Å². The lowest BCUT2D eigenvalue weighted by molar-refractivity contribution is -0.126. The lowest BCUT2D eigenvalue weighted by Crippen LogP contribution is -2.39. The number of nitrogens with zero attached hydrogens (tertiary/aromatic N) is 1. The summed E-state index contributed by atoms with van der Waals surface area (Å²) in [7, 11) is 0. The number of nitrogens with two attached hydrogens (primary N) is 1. The van der Waals surface area contributed by atoms with E-state index < -0.39 is 0 Å². The SMILES string of the molecule is NC1CCC(C(=O)NCCN2CCCC2)CC1. The van der Waals surface area contributed by atoms with E-state index in [-0.39, 0.29) is 11.8 Å². The number of hydrogen-bond acceptors (Lipinski definition) is 3. The average Bonchev–Trinajstić information content (AvgIpc) is 2.83. The topological polar surface area (TPSA) is 58.4 Å². The van der Waals surface area contributed by atoms with E-state index >= 15 is 0 Å². The van der Waals surface area contributed by atoms with Gasteiger partial charge in [-0.1, -0.05) is 0 Å². The van der Waals surface area contributed by atoms with Crippen molar-refractivity contribution in [3.63, 3.8) is 0 Å². The molecule has 1 saturated carbocycles. The molecule has 0 atom stereocenters. The van der Waals surface area contributed by atoms with Gasteiger partial charge in [0.05, 0.1) is 0 Å². The van der Waals surface area contributed by atoms with Crippen LogP contribution >= 0.6 is 0 Å². The summed E-state index contributed by atoms with van der Waals surface area (Å²) in [6.07, 6.45) is 6.57. The minimum absolute atomic E-state index is 0.216. The first-order valence-corrected chi connectivity index (χ1v) is 7.01. The molecule has 0 aromatic carbocycles. The molecule has 2 aliphatic rings. The summed E-state index contributed by atoms with van der Waals surface area (Å²) in [5.74, 6) is 0.462. The van der Waals surface area contributed by atoms with Crippen molar-refractivity contribution in [1.82, 2.24) is 10.2 Å². The molecule has 0 bridgehead atoms. The zero-order chi connectivity index (χ0) is 12.1. The molecular formula is C13H25N3O. The predicted molar refractivity (Wildman–Crippen MR) is 68.6 cm³/mol. The highest BCUT2D eigenvalue weighted by molar-refractivity contribution is 5.78. The molecule has 0 aromatic heterocycles. The van der Waals surface area contributed by atoms with E-state index in [1.54, 1.807) is 0 Å². The van der Waals surface area contributed by atoms with E-state index in [1.807, 2.05) is 0 Å². The van der Waals surface area contributed by atoms with Crippen molar-refractivity contribution in [2.24, 2.45) is 11.7 Å². The number of rotatable bonds is 4. The van der Waals surface area contributed by atoms with Gasteiger partial charge in [0.1, 0.15) is 0 Å². The van der Waals surface area contributed by atoms with Crippen molar-refractivity contribution < 1.29 is 4.79 Å². The van der Waals surface area contributed by atoms with Gasteiger partial charge in [0, 0.05) is 25.0 Å². The molecule has 0 unspecified atom stereocenters. The first kappa shape index (κ1) is 12.8. The van der Waals surface area contributed by atoms with Crippen molar-refractivity contribution in [3.8, 4) is 0 Å². The summed E-state index contributed by atoms with van der Waals surface area (Å²) in [6.45, 7) is 4.22. The van der Waals surface area contributed by atoms with Crippen LogP contribution in [0.4, 0.5) is 0 Å². The highest BCUT2D eigenvalue weighted by Crippen LogP contribution is 2.23. The molecule has 2 fully saturated rings. The molecule has 4 heteroatoms. The van der Waals surface area contributed by atoms with Crippen LogP contribution < -0.4 is 11.1 Å². The van der Waals surface area contributed by atoms with Crippen LogP contribution in [0.5, 0.6) is 0 Å². The molecular weight excluding hydrogens is 214 g/mol. The molecule has 3 N–H and O–H groups in total. The van der Waals surface area contributed by atoms with Crippen molar-refractivity contribution >= 4 is 5.91 Å². The molecule has 1 aliphatic heterocycles.